The van der Waals surface area contributed by atoms with E-state index in [9.17, 15) is 4.79 Å². The average Bonchev–Trinajstić information content (AvgIpc) is 3.28. The van der Waals surface area contributed by atoms with Gasteiger partial charge in [-0.15, -0.1) is 0 Å². The molecule has 30 heavy (non-hydrogen) atoms. The second kappa shape index (κ2) is 9.57. The minimum absolute atomic E-state index is 0.0610. The maximum absolute atomic E-state index is 13.3. The Labute approximate surface area is 176 Å². The predicted molar refractivity (Wildman–Crippen MR) is 114 cm³/mol. The van der Waals surface area contributed by atoms with Gasteiger partial charge >= 0.3 is 0 Å². The number of para-hydroxylation sites is 1. The molecule has 0 unspecified atom stereocenters. The monoisotopic (exact) mass is 405 g/mol. The first kappa shape index (κ1) is 20.1. The van der Waals surface area contributed by atoms with Crippen LogP contribution in [0.15, 0.2) is 59.1 Å². The van der Waals surface area contributed by atoms with E-state index in [1.165, 1.54) is 6.42 Å². The molecular weight excluding hydrogens is 378 g/mol. The van der Waals surface area contributed by atoms with Gasteiger partial charge in [0.1, 0.15) is 12.3 Å². The molecule has 1 aliphatic rings. The van der Waals surface area contributed by atoms with E-state index >= 15 is 0 Å². The third-order valence-electron chi connectivity index (χ3n) is 5.68. The number of rotatable bonds is 7. The minimum atomic E-state index is 0.0610. The molecule has 0 bridgehead atoms. The summed E-state index contributed by atoms with van der Waals surface area (Å²) in [5, 5.41) is 4.11. The van der Waals surface area contributed by atoms with Crippen molar-refractivity contribution in [3.05, 3.63) is 66.1 Å². The second-order valence-electron chi connectivity index (χ2n) is 7.68. The van der Waals surface area contributed by atoms with Gasteiger partial charge in [0.05, 0.1) is 13.5 Å². The van der Waals surface area contributed by atoms with Gasteiger partial charge in [0, 0.05) is 17.2 Å². The Morgan fingerprint density at radius 1 is 1.07 bits per heavy atom. The van der Waals surface area contributed by atoms with Gasteiger partial charge in [0.25, 0.3) is 0 Å². The van der Waals surface area contributed by atoms with E-state index in [4.69, 9.17) is 9.26 Å². The zero-order valence-electron chi connectivity index (χ0n) is 17.3. The fourth-order valence-electron chi connectivity index (χ4n) is 4.10. The highest BCUT2D eigenvalue weighted by molar-refractivity contribution is 5.79. The Hall–Kier alpha value is -3.15. The number of carbonyl (C=O) groups is 1. The summed E-state index contributed by atoms with van der Waals surface area (Å²) in [7, 11) is 1.63. The highest BCUT2D eigenvalue weighted by Crippen LogP contribution is 2.26. The summed E-state index contributed by atoms with van der Waals surface area (Å²) in [5.41, 5.74) is 1.79. The van der Waals surface area contributed by atoms with E-state index in [0.29, 0.717) is 24.7 Å². The first-order valence-electron chi connectivity index (χ1n) is 10.5. The Balaban J connectivity index is 1.54. The highest BCUT2D eigenvalue weighted by Gasteiger charge is 2.28. The second-order valence-corrected chi connectivity index (χ2v) is 7.68. The molecule has 3 aromatic rings. The van der Waals surface area contributed by atoms with Gasteiger partial charge in [-0.05, 0) is 18.9 Å². The van der Waals surface area contributed by atoms with Crippen molar-refractivity contribution in [3.8, 4) is 17.1 Å². The van der Waals surface area contributed by atoms with Crippen LogP contribution in [0.1, 0.15) is 43.6 Å². The smallest absolute Gasteiger partial charge is 0.246 e. The van der Waals surface area contributed by atoms with Crippen LogP contribution in [0.25, 0.3) is 11.4 Å². The van der Waals surface area contributed by atoms with Gasteiger partial charge in [-0.3, -0.25) is 4.79 Å². The first-order chi connectivity index (χ1) is 14.7. The molecule has 156 valence electrons. The fraction of sp³-hybridized carbons (Fsp3) is 0.375. The van der Waals surface area contributed by atoms with Crippen molar-refractivity contribution in [2.75, 3.05) is 7.11 Å². The molecule has 4 rings (SSSR count). The SMILES string of the molecule is COc1ccccc1CC(=O)N(Cc1nc(-c2ccccc2)no1)C1CCCCC1. The van der Waals surface area contributed by atoms with Gasteiger partial charge < -0.3 is 14.2 Å². The molecule has 6 heteroatoms. The first-order valence-corrected chi connectivity index (χ1v) is 10.5. The normalized spacial score (nSPS) is 14.4. The maximum atomic E-state index is 13.3. The highest BCUT2D eigenvalue weighted by atomic mass is 16.5. The molecule has 0 atom stereocenters. The van der Waals surface area contributed by atoms with Crippen molar-refractivity contribution in [2.45, 2.75) is 51.1 Å². The van der Waals surface area contributed by atoms with Crippen LogP contribution in [0.5, 0.6) is 5.75 Å². The van der Waals surface area contributed by atoms with Crippen LogP contribution in [0.2, 0.25) is 0 Å². The minimum Gasteiger partial charge on any atom is -0.496 e. The number of carbonyl (C=O) groups excluding carboxylic acids is 1. The van der Waals surface area contributed by atoms with Crippen molar-refractivity contribution in [1.29, 1.82) is 0 Å². The van der Waals surface area contributed by atoms with E-state index in [2.05, 4.69) is 10.1 Å². The fourth-order valence-corrected chi connectivity index (χ4v) is 4.10. The molecule has 2 aromatic carbocycles. The number of methoxy groups -OCH3 is 1. The van der Waals surface area contributed by atoms with Crippen LogP contribution >= 0.6 is 0 Å². The summed E-state index contributed by atoms with van der Waals surface area (Å²) in [6, 6.07) is 17.6. The molecular formula is C24H27N3O3. The summed E-state index contributed by atoms with van der Waals surface area (Å²) < 4.78 is 10.9. The molecule has 1 amide bonds. The molecule has 0 N–H and O–H groups in total. The zero-order chi connectivity index (χ0) is 20.8. The lowest BCUT2D eigenvalue weighted by Gasteiger charge is -2.33. The van der Waals surface area contributed by atoms with E-state index < -0.39 is 0 Å². The summed E-state index contributed by atoms with van der Waals surface area (Å²) in [4.78, 5) is 19.8. The molecule has 1 saturated carbocycles. The van der Waals surface area contributed by atoms with Crippen LogP contribution < -0.4 is 4.74 Å². The van der Waals surface area contributed by atoms with Crippen molar-refractivity contribution < 1.29 is 14.1 Å². The van der Waals surface area contributed by atoms with Crippen LogP contribution in [-0.2, 0) is 17.8 Å². The van der Waals surface area contributed by atoms with E-state index in [1.54, 1.807) is 7.11 Å². The number of hydrogen-bond acceptors (Lipinski definition) is 5. The van der Waals surface area contributed by atoms with Crippen molar-refractivity contribution in [3.63, 3.8) is 0 Å². The third kappa shape index (κ3) is 4.70. The van der Waals surface area contributed by atoms with Crippen LogP contribution in [0.3, 0.4) is 0 Å². The quantitative estimate of drug-likeness (QED) is 0.572. The van der Waals surface area contributed by atoms with Gasteiger partial charge in [-0.2, -0.15) is 4.98 Å². The van der Waals surface area contributed by atoms with Crippen molar-refractivity contribution >= 4 is 5.91 Å². The van der Waals surface area contributed by atoms with Gasteiger partial charge in [0.15, 0.2) is 0 Å². The van der Waals surface area contributed by atoms with E-state index in [1.807, 2.05) is 59.5 Å². The Kier molecular flexibility index (Phi) is 6.42. The molecule has 0 saturated heterocycles. The number of nitrogens with zero attached hydrogens (tertiary/aromatic N) is 3. The van der Waals surface area contributed by atoms with E-state index in [-0.39, 0.29) is 11.9 Å². The Morgan fingerprint density at radius 3 is 2.57 bits per heavy atom. The zero-order valence-corrected chi connectivity index (χ0v) is 17.3. The van der Waals surface area contributed by atoms with Crippen molar-refractivity contribution in [1.82, 2.24) is 15.0 Å². The molecule has 1 aromatic heterocycles. The van der Waals surface area contributed by atoms with Crippen LogP contribution in [-0.4, -0.2) is 34.1 Å². The molecule has 0 radical (unpaired) electrons. The van der Waals surface area contributed by atoms with Gasteiger partial charge in [-0.25, -0.2) is 0 Å². The molecule has 0 aliphatic heterocycles. The Morgan fingerprint density at radius 2 is 1.80 bits per heavy atom. The van der Waals surface area contributed by atoms with Crippen LogP contribution in [0.4, 0.5) is 0 Å². The van der Waals surface area contributed by atoms with Crippen molar-refractivity contribution in [2.24, 2.45) is 0 Å². The van der Waals surface area contributed by atoms with E-state index in [0.717, 1.165) is 42.6 Å². The number of amides is 1. The van der Waals surface area contributed by atoms with Gasteiger partial charge in [0.2, 0.25) is 17.6 Å². The molecule has 1 heterocycles. The average molecular weight is 405 g/mol. The lowest BCUT2D eigenvalue weighted by Crippen LogP contribution is -2.41. The van der Waals surface area contributed by atoms with Crippen LogP contribution in [0, 0.1) is 0 Å². The third-order valence-corrected chi connectivity index (χ3v) is 5.68. The largest absolute Gasteiger partial charge is 0.496 e. The lowest BCUT2D eigenvalue weighted by molar-refractivity contribution is -0.134. The topological polar surface area (TPSA) is 68.5 Å². The summed E-state index contributed by atoms with van der Waals surface area (Å²) in [6.45, 7) is 0.332. The Bertz CT molecular complexity index is 965. The number of ether oxygens (including phenoxy) is 1. The lowest BCUT2D eigenvalue weighted by atomic mass is 9.93. The molecule has 0 spiro atoms. The molecule has 6 nitrogen and oxygen atoms in total. The summed E-state index contributed by atoms with van der Waals surface area (Å²) in [6.07, 6.45) is 5.82. The molecule has 1 aliphatic carbocycles. The molecule has 1 fully saturated rings. The number of benzene rings is 2. The van der Waals surface area contributed by atoms with Gasteiger partial charge in [-0.1, -0.05) is 73.0 Å². The number of aromatic nitrogens is 2. The summed E-state index contributed by atoms with van der Waals surface area (Å²) >= 11 is 0. The maximum Gasteiger partial charge on any atom is 0.246 e. The summed E-state index contributed by atoms with van der Waals surface area (Å²) in [5.74, 6) is 1.81. The standard InChI is InChI=1S/C24H27N3O3/c1-29-21-15-9-8-12-19(21)16-23(28)27(20-13-6-3-7-14-20)17-22-25-24(26-30-22)18-10-4-2-5-11-18/h2,4-5,8-12,15,20H,3,6-7,13-14,16-17H2,1H3. The number of hydrogen-bond donors (Lipinski definition) is 0. The predicted octanol–water partition coefficient (Wildman–Crippen LogP) is 4.65.